The van der Waals surface area contributed by atoms with Gasteiger partial charge < -0.3 is 5.32 Å². The Labute approximate surface area is 127 Å². The first-order valence-corrected chi connectivity index (χ1v) is 8.27. The van der Waals surface area contributed by atoms with Crippen LogP contribution in [0.3, 0.4) is 0 Å². The van der Waals surface area contributed by atoms with E-state index in [1.807, 2.05) is 11.3 Å². The maximum absolute atomic E-state index is 3.49. The lowest BCUT2D eigenvalue weighted by atomic mass is 9.93. The topological polar surface area (TPSA) is 12.0 Å². The van der Waals surface area contributed by atoms with E-state index in [4.69, 9.17) is 0 Å². The van der Waals surface area contributed by atoms with Gasteiger partial charge in [-0.1, -0.05) is 18.2 Å². The summed E-state index contributed by atoms with van der Waals surface area (Å²) in [6.45, 7) is 6.62. The Kier molecular flexibility index (Phi) is 5.38. The highest BCUT2D eigenvalue weighted by Crippen LogP contribution is 2.26. The van der Waals surface area contributed by atoms with Crippen LogP contribution < -0.4 is 5.32 Å². The molecular formula is C18H25NS. The largest absolute Gasteiger partial charge is 0.313 e. The van der Waals surface area contributed by atoms with Gasteiger partial charge in [0.1, 0.15) is 0 Å². The minimum atomic E-state index is 0.467. The molecule has 1 atom stereocenters. The lowest BCUT2D eigenvalue weighted by Crippen LogP contribution is -2.18. The minimum Gasteiger partial charge on any atom is -0.313 e. The summed E-state index contributed by atoms with van der Waals surface area (Å²) < 4.78 is 0. The lowest BCUT2D eigenvalue weighted by Gasteiger charge is -2.20. The fourth-order valence-corrected chi connectivity index (χ4v) is 3.50. The van der Waals surface area contributed by atoms with Crippen LogP contribution in [0, 0.1) is 20.8 Å². The van der Waals surface area contributed by atoms with Gasteiger partial charge in [0.05, 0.1) is 0 Å². The van der Waals surface area contributed by atoms with Crippen LogP contribution in [0.25, 0.3) is 0 Å². The summed E-state index contributed by atoms with van der Waals surface area (Å²) in [6, 6.07) is 9.52. The first-order chi connectivity index (χ1) is 9.61. The van der Waals surface area contributed by atoms with Gasteiger partial charge in [-0.3, -0.25) is 0 Å². The van der Waals surface area contributed by atoms with Crippen molar-refractivity contribution in [3.63, 3.8) is 0 Å². The van der Waals surface area contributed by atoms with E-state index >= 15 is 0 Å². The molecule has 0 saturated carbocycles. The molecule has 0 radical (unpaired) electrons. The number of benzene rings is 1. The van der Waals surface area contributed by atoms with Gasteiger partial charge in [-0.2, -0.15) is 0 Å². The summed E-state index contributed by atoms with van der Waals surface area (Å²) in [6.07, 6.45) is 3.62. The second-order valence-electron chi connectivity index (χ2n) is 5.61. The Morgan fingerprint density at radius 2 is 1.85 bits per heavy atom. The van der Waals surface area contributed by atoms with E-state index in [0.717, 1.165) is 0 Å². The van der Waals surface area contributed by atoms with Crippen molar-refractivity contribution in [2.75, 3.05) is 7.05 Å². The lowest BCUT2D eigenvalue weighted by molar-refractivity contribution is 0.525. The molecule has 0 fully saturated rings. The Morgan fingerprint density at radius 1 is 1.10 bits per heavy atom. The van der Waals surface area contributed by atoms with E-state index in [1.54, 1.807) is 0 Å². The molecule has 0 spiro atoms. The highest BCUT2D eigenvalue weighted by Gasteiger charge is 2.13. The molecule has 0 saturated heterocycles. The summed E-state index contributed by atoms with van der Waals surface area (Å²) in [5.74, 6) is 0. The number of hydrogen-bond acceptors (Lipinski definition) is 2. The monoisotopic (exact) mass is 287 g/mol. The van der Waals surface area contributed by atoms with Crippen molar-refractivity contribution in [2.45, 2.75) is 46.1 Å². The third kappa shape index (κ3) is 3.71. The van der Waals surface area contributed by atoms with Gasteiger partial charge >= 0.3 is 0 Å². The standard InChI is InChI=1S/C18H25NS/c1-13-11-15(3)17(12-14(13)2)18(19-4)9-5-7-16-8-6-10-20-16/h6,8,10-12,18-19H,5,7,9H2,1-4H3. The van der Waals surface area contributed by atoms with Gasteiger partial charge in [0, 0.05) is 10.9 Å². The van der Waals surface area contributed by atoms with E-state index < -0.39 is 0 Å². The molecule has 1 nitrogen and oxygen atoms in total. The average Bonchev–Trinajstić information content (AvgIpc) is 2.93. The van der Waals surface area contributed by atoms with Gasteiger partial charge in [-0.25, -0.2) is 0 Å². The maximum Gasteiger partial charge on any atom is 0.0320 e. The first-order valence-electron chi connectivity index (χ1n) is 7.39. The molecule has 0 aliphatic carbocycles. The van der Waals surface area contributed by atoms with Crippen LogP contribution in [0.2, 0.25) is 0 Å². The van der Waals surface area contributed by atoms with Crippen molar-refractivity contribution in [3.05, 3.63) is 56.8 Å². The molecule has 2 rings (SSSR count). The minimum absolute atomic E-state index is 0.467. The quantitative estimate of drug-likeness (QED) is 0.792. The summed E-state index contributed by atoms with van der Waals surface area (Å²) in [7, 11) is 2.07. The second kappa shape index (κ2) is 7.05. The molecule has 1 aromatic heterocycles. The summed E-state index contributed by atoms with van der Waals surface area (Å²) >= 11 is 1.87. The van der Waals surface area contributed by atoms with E-state index in [1.165, 1.54) is 46.4 Å². The molecule has 0 bridgehead atoms. The van der Waals surface area contributed by atoms with E-state index in [2.05, 4.69) is 62.8 Å². The van der Waals surface area contributed by atoms with Crippen LogP contribution in [0.5, 0.6) is 0 Å². The van der Waals surface area contributed by atoms with Gasteiger partial charge in [-0.15, -0.1) is 11.3 Å². The fourth-order valence-electron chi connectivity index (χ4n) is 2.75. The number of hydrogen-bond donors (Lipinski definition) is 1. The van der Waals surface area contributed by atoms with Crippen LogP contribution >= 0.6 is 11.3 Å². The SMILES string of the molecule is CNC(CCCc1cccs1)c1cc(C)c(C)cc1C. The van der Waals surface area contributed by atoms with Crippen LogP contribution in [0.1, 0.15) is 46.0 Å². The van der Waals surface area contributed by atoms with E-state index in [9.17, 15) is 0 Å². The molecule has 1 heterocycles. The van der Waals surface area contributed by atoms with Crippen molar-refractivity contribution >= 4 is 11.3 Å². The van der Waals surface area contributed by atoms with E-state index in [0.29, 0.717) is 6.04 Å². The van der Waals surface area contributed by atoms with Crippen molar-refractivity contribution in [2.24, 2.45) is 0 Å². The number of aryl methyl sites for hydroxylation is 4. The normalized spacial score (nSPS) is 12.6. The predicted molar refractivity (Wildman–Crippen MR) is 89.7 cm³/mol. The zero-order valence-electron chi connectivity index (χ0n) is 13.0. The Hall–Kier alpha value is -1.12. The number of rotatable bonds is 6. The van der Waals surface area contributed by atoms with Crippen LogP contribution in [0.4, 0.5) is 0 Å². The highest BCUT2D eigenvalue weighted by molar-refractivity contribution is 7.09. The zero-order chi connectivity index (χ0) is 14.5. The molecule has 2 aromatic rings. The summed E-state index contributed by atoms with van der Waals surface area (Å²) in [5.41, 5.74) is 5.65. The van der Waals surface area contributed by atoms with Crippen molar-refractivity contribution < 1.29 is 0 Å². The highest BCUT2D eigenvalue weighted by atomic mass is 32.1. The van der Waals surface area contributed by atoms with Gasteiger partial charge in [-0.05, 0) is 80.8 Å². The van der Waals surface area contributed by atoms with Crippen molar-refractivity contribution in [1.82, 2.24) is 5.32 Å². The van der Waals surface area contributed by atoms with Crippen molar-refractivity contribution in [1.29, 1.82) is 0 Å². The van der Waals surface area contributed by atoms with Gasteiger partial charge in [0.25, 0.3) is 0 Å². The van der Waals surface area contributed by atoms with Crippen LogP contribution in [-0.4, -0.2) is 7.05 Å². The first kappa shape index (κ1) is 15.3. The van der Waals surface area contributed by atoms with Crippen LogP contribution in [0.15, 0.2) is 29.6 Å². The summed E-state index contributed by atoms with van der Waals surface area (Å²) in [4.78, 5) is 1.50. The Morgan fingerprint density at radius 3 is 2.50 bits per heavy atom. The molecule has 1 N–H and O–H groups in total. The zero-order valence-corrected chi connectivity index (χ0v) is 13.8. The van der Waals surface area contributed by atoms with Gasteiger partial charge in [0.15, 0.2) is 0 Å². The maximum atomic E-state index is 3.49. The third-order valence-electron chi connectivity index (χ3n) is 4.10. The molecule has 1 unspecified atom stereocenters. The smallest absolute Gasteiger partial charge is 0.0320 e. The number of nitrogens with one attached hydrogen (secondary N) is 1. The number of thiophene rings is 1. The van der Waals surface area contributed by atoms with E-state index in [-0.39, 0.29) is 0 Å². The Bertz CT molecular complexity index is 543. The third-order valence-corrected chi connectivity index (χ3v) is 5.04. The predicted octanol–water partition coefficient (Wildman–Crippen LogP) is 4.96. The second-order valence-corrected chi connectivity index (χ2v) is 6.64. The van der Waals surface area contributed by atoms with Crippen molar-refractivity contribution in [3.8, 4) is 0 Å². The van der Waals surface area contributed by atoms with Gasteiger partial charge in [0.2, 0.25) is 0 Å². The molecule has 0 aliphatic rings. The molecule has 0 amide bonds. The molecular weight excluding hydrogens is 262 g/mol. The molecule has 2 heteroatoms. The molecule has 0 aliphatic heterocycles. The fraction of sp³-hybridized carbons (Fsp3) is 0.444. The van der Waals surface area contributed by atoms with Crippen LogP contribution in [-0.2, 0) is 6.42 Å². The molecule has 20 heavy (non-hydrogen) atoms. The molecule has 108 valence electrons. The Balaban J connectivity index is 2.02. The summed E-state index contributed by atoms with van der Waals surface area (Å²) in [5, 5.41) is 5.65. The molecule has 1 aromatic carbocycles. The average molecular weight is 287 g/mol.